The molecule has 0 unspecified atom stereocenters. The second-order valence-electron chi connectivity index (χ2n) is 6.16. The minimum absolute atomic E-state index is 0.257. The zero-order valence-electron chi connectivity index (χ0n) is 13.5. The Morgan fingerprint density at radius 2 is 1.78 bits per heavy atom. The van der Waals surface area contributed by atoms with Crippen LogP contribution in [0, 0.1) is 6.92 Å². The molecule has 0 saturated carbocycles. The molecule has 2 heterocycles. The van der Waals surface area contributed by atoms with E-state index in [1.807, 2.05) is 23.5 Å². The summed E-state index contributed by atoms with van der Waals surface area (Å²) in [5.41, 5.74) is 3.65. The highest BCUT2D eigenvalue weighted by Crippen LogP contribution is 2.29. The first-order chi connectivity index (χ1) is 11.1. The van der Waals surface area contributed by atoms with E-state index in [1.54, 1.807) is 0 Å². The first-order valence-electron chi connectivity index (χ1n) is 8.04. The van der Waals surface area contributed by atoms with Crippen molar-refractivity contribution in [2.45, 2.75) is 13.5 Å². The molecule has 5 heteroatoms. The summed E-state index contributed by atoms with van der Waals surface area (Å²) in [5.74, 6) is 0. The van der Waals surface area contributed by atoms with E-state index in [2.05, 4.69) is 34.2 Å². The third-order valence-corrected chi connectivity index (χ3v) is 5.43. The van der Waals surface area contributed by atoms with Gasteiger partial charge in [0.1, 0.15) is 0 Å². The zero-order valence-corrected chi connectivity index (χ0v) is 15.0. The van der Waals surface area contributed by atoms with Crippen LogP contribution in [0.25, 0.3) is 11.1 Å². The molecule has 0 amide bonds. The Balaban J connectivity index is 1.62. The van der Waals surface area contributed by atoms with E-state index in [9.17, 15) is 0 Å². The fraction of sp³-hybridized carbons (Fsp3) is 0.444. The number of aliphatic hydroxyl groups excluding tert-OH is 1. The maximum Gasteiger partial charge on any atom is 0.0558 e. The monoisotopic (exact) mass is 350 g/mol. The van der Waals surface area contributed by atoms with E-state index < -0.39 is 0 Å². The van der Waals surface area contributed by atoms with Gasteiger partial charge in [0.2, 0.25) is 0 Å². The number of halogens is 1. The van der Waals surface area contributed by atoms with Crippen molar-refractivity contribution in [2.75, 3.05) is 39.3 Å². The van der Waals surface area contributed by atoms with Gasteiger partial charge < -0.3 is 5.11 Å². The number of hydrogen-bond donors (Lipinski definition) is 1. The average Bonchev–Trinajstić information content (AvgIpc) is 2.97. The van der Waals surface area contributed by atoms with Crippen LogP contribution >= 0.6 is 22.9 Å². The average molecular weight is 351 g/mol. The number of β-amino-alcohol motifs (C(OH)–C–C–N with tert-alkyl or cyclic N) is 1. The Labute approximate surface area is 147 Å². The molecule has 1 aromatic heterocycles. The van der Waals surface area contributed by atoms with Crippen molar-refractivity contribution in [3.8, 4) is 11.1 Å². The number of hydrogen-bond acceptors (Lipinski definition) is 4. The van der Waals surface area contributed by atoms with Crippen LogP contribution in [0.5, 0.6) is 0 Å². The van der Waals surface area contributed by atoms with Crippen molar-refractivity contribution >= 4 is 22.9 Å². The standard InChI is InChI=1S/C18H23ClN2OS/c1-14-8-15(10-17(19)9-14)16-11-18(23-13-16)12-21-4-2-20(3-5-21)6-7-22/h8-11,13,22H,2-7,12H2,1H3. The molecular weight excluding hydrogens is 328 g/mol. The van der Waals surface area contributed by atoms with Crippen molar-refractivity contribution in [2.24, 2.45) is 0 Å². The lowest BCUT2D eigenvalue weighted by molar-refractivity contribution is 0.109. The SMILES string of the molecule is Cc1cc(Cl)cc(-c2csc(CN3CCN(CCO)CC3)c2)c1. The molecule has 2 aromatic rings. The maximum absolute atomic E-state index is 9.01. The molecule has 1 aliphatic heterocycles. The second-order valence-corrected chi connectivity index (χ2v) is 7.59. The van der Waals surface area contributed by atoms with Crippen LogP contribution in [0.1, 0.15) is 10.4 Å². The van der Waals surface area contributed by atoms with E-state index in [1.165, 1.54) is 21.6 Å². The smallest absolute Gasteiger partial charge is 0.0558 e. The van der Waals surface area contributed by atoms with Gasteiger partial charge in [-0.2, -0.15) is 0 Å². The van der Waals surface area contributed by atoms with E-state index in [-0.39, 0.29) is 6.61 Å². The number of nitrogens with zero attached hydrogens (tertiary/aromatic N) is 2. The summed E-state index contributed by atoms with van der Waals surface area (Å²) in [4.78, 5) is 6.21. The summed E-state index contributed by atoms with van der Waals surface area (Å²) in [7, 11) is 0. The number of benzene rings is 1. The van der Waals surface area contributed by atoms with Gasteiger partial charge in [-0.15, -0.1) is 11.3 Å². The van der Waals surface area contributed by atoms with Crippen LogP contribution in [0.2, 0.25) is 5.02 Å². The van der Waals surface area contributed by atoms with Gasteiger partial charge in [-0.1, -0.05) is 17.7 Å². The van der Waals surface area contributed by atoms with Crippen LogP contribution in [-0.2, 0) is 6.54 Å². The molecule has 0 atom stereocenters. The van der Waals surface area contributed by atoms with E-state index >= 15 is 0 Å². The van der Waals surface area contributed by atoms with Gasteiger partial charge in [-0.3, -0.25) is 9.80 Å². The van der Waals surface area contributed by atoms with Crippen molar-refractivity contribution in [1.29, 1.82) is 0 Å². The number of thiophene rings is 1. The topological polar surface area (TPSA) is 26.7 Å². The van der Waals surface area contributed by atoms with Crippen molar-refractivity contribution in [3.05, 3.63) is 45.1 Å². The summed E-state index contributed by atoms with van der Waals surface area (Å²) in [6.45, 7) is 8.38. The highest BCUT2D eigenvalue weighted by molar-refractivity contribution is 7.10. The van der Waals surface area contributed by atoms with Gasteiger partial charge in [0.05, 0.1) is 6.61 Å². The van der Waals surface area contributed by atoms with Crippen molar-refractivity contribution in [1.82, 2.24) is 9.80 Å². The summed E-state index contributed by atoms with van der Waals surface area (Å²) in [5, 5.41) is 12.0. The molecule has 1 saturated heterocycles. The van der Waals surface area contributed by atoms with Gasteiger partial charge in [0, 0.05) is 49.2 Å². The van der Waals surface area contributed by atoms with Crippen molar-refractivity contribution in [3.63, 3.8) is 0 Å². The zero-order chi connectivity index (χ0) is 16.2. The Kier molecular flexibility index (Phi) is 5.72. The van der Waals surface area contributed by atoms with Crippen LogP contribution in [0.3, 0.4) is 0 Å². The van der Waals surface area contributed by atoms with Gasteiger partial charge in [0.25, 0.3) is 0 Å². The number of aryl methyl sites for hydroxylation is 1. The molecule has 0 bridgehead atoms. The predicted molar refractivity (Wildman–Crippen MR) is 98.3 cm³/mol. The lowest BCUT2D eigenvalue weighted by Crippen LogP contribution is -2.46. The van der Waals surface area contributed by atoms with Crippen LogP contribution in [0.4, 0.5) is 0 Å². The van der Waals surface area contributed by atoms with Crippen LogP contribution < -0.4 is 0 Å². The Morgan fingerprint density at radius 3 is 2.48 bits per heavy atom. The number of rotatable bonds is 5. The molecule has 1 aliphatic rings. The summed E-state index contributed by atoms with van der Waals surface area (Å²) in [6, 6.07) is 8.50. The molecule has 1 N–H and O–H groups in total. The third kappa shape index (κ3) is 4.55. The molecule has 3 nitrogen and oxygen atoms in total. The molecule has 23 heavy (non-hydrogen) atoms. The largest absolute Gasteiger partial charge is 0.395 e. The minimum atomic E-state index is 0.257. The quantitative estimate of drug-likeness (QED) is 0.894. The summed E-state index contributed by atoms with van der Waals surface area (Å²) < 4.78 is 0. The lowest BCUT2D eigenvalue weighted by Gasteiger charge is -2.34. The Hall–Kier alpha value is -0.910. The van der Waals surface area contributed by atoms with Crippen LogP contribution in [-0.4, -0.2) is 54.2 Å². The van der Waals surface area contributed by atoms with Gasteiger partial charge in [0.15, 0.2) is 0 Å². The van der Waals surface area contributed by atoms with Gasteiger partial charge in [-0.25, -0.2) is 0 Å². The normalized spacial score (nSPS) is 16.8. The fourth-order valence-corrected chi connectivity index (χ4v) is 4.27. The van der Waals surface area contributed by atoms with E-state index in [0.29, 0.717) is 0 Å². The van der Waals surface area contributed by atoms with E-state index in [0.717, 1.165) is 44.3 Å². The molecule has 1 aromatic carbocycles. The number of aliphatic hydroxyl groups is 1. The third-order valence-electron chi connectivity index (χ3n) is 4.29. The molecule has 0 spiro atoms. The summed E-state index contributed by atoms with van der Waals surface area (Å²) in [6.07, 6.45) is 0. The lowest BCUT2D eigenvalue weighted by atomic mass is 10.1. The predicted octanol–water partition coefficient (Wildman–Crippen LogP) is 3.49. The molecule has 0 radical (unpaired) electrons. The first kappa shape index (κ1) is 16.9. The second kappa shape index (κ2) is 7.77. The molecule has 1 fully saturated rings. The first-order valence-corrected chi connectivity index (χ1v) is 9.30. The highest BCUT2D eigenvalue weighted by atomic mass is 35.5. The van der Waals surface area contributed by atoms with E-state index in [4.69, 9.17) is 16.7 Å². The van der Waals surface area contributed by atoms with Crippen molar-refractivity contribution < 1.29 is 5.11 Å². The molecular formula is C18H23ClN2OS. The van der Waals surface area contributed by atoms with Gasteiger partial charge >= 0.3 is 0 Å². The fourth-order valence-electron chi connectivity index (χ4n) is 3.05. The Morgan fingerprint density at radius 1 is 1.04 bits per heavy atom. The number of piperazine rings is 1. The van der Waals surface area contributed by atoms with Crippen LogP contribution in [0.15, 0.2) is 29.6 Å². The summed E-state index contributed by atoms with van der Waals surface area (Å²) >= 11 is 8.00. The van der Waals surface area contributed by atoms with Gasteiger partial charge in [-0.05, 0) is 47.2 Å². The highest BCUT2D eigenvalue weighted by Gasteiger charge is 2.17. The molecule has 124 valence electrons. The molecule has 0 aliphatic carbocycles. The Bertz CT molecular complexity index is 630. The maximum atomic E-state index is 9.01. The molecule has 3 rings (SSSR count). The minimum Gasteiger partial charge on any atom is -0.395 e.